The van der Waals surface area contributed by atoms with E-state index in [0.717, 1.165) is 37.6 Å². The van der Waals surface area contributed by atoms with Crippen LogP contribution in [0.4, 0.5) is 15.8 Å². The Morgan fingerprint density at radius 3 is 2.52 bits per heavy atom. The number of morpholine rings is 1. The molecule has 0 amide bonds. The minimum Gasteiger partial charge on any atom is -0.490 e. The van der Waals surface area contributed by atoms with Crippen molar-refractivity contribution in [2.45, 2.75) is 20.1 Å². The number of halogens is 2. The van der Waals surface area contributed by atoms with Crippen LogP contribution in [0.25, 0.3) is 0 Å². The van der Waals surface area contributed by atoms with Crippen molar-refractivity contribution in [3.05, 3.63) is 82.6 Å². The van der Waals surface area contributed by atoms with Gasteiger partial charge < -0.3 is 24.4 Å². The molecular weight excluding hydrogens is 443 g/mol. The Balaban J connectivity index is 1.38. The van der Waals surface area contributed by atoms with Gasteiger partial charge in [0.05, 0.1) is 24.8 Å². The molecule has 1 aliphatic rings. The van der Waals surface area contributed by atoms with E-state index in [2.05, 4.69) is 34.5 Å². The van der Waals surface area contributed by atoms with E-state index in [9.17, 15) is 4.39 Å². The Kier molecular flexibility index (Phi) is 7.92. The molecule has 3 aromatic carbocycles. The molecule has 0 aromatic heterocycles. The molecule has 1 aliphatic heterocycles. The molecule has 1 N–H and O–H groups in total. The van der Waals surface area contributed by atoms with Crippen LogP contribution in [-0.2, 0) is 17.9 Å². The third kappa shape index (κ3) is 6.09. The van der Waals surface area contributed by atoms with Gasteiger partial charge in [-0.15, -0.1) is 0 Å². The lowest BCUT2D eigenvalue weighted by Gasteiger charge is -2.29. The second-order valence-electron chi connectivity index (χ2n) is 7.70. The van der Waals surface area contributed by atoms with E-state index in [1.54, 1.807) is 12.1 Å². The maximum absolute atomic E-state index is 14.0. The summed E-state index contributed by atoms with van der Waals surface area (Å²) in [4.78, 5) is 2.33. The van der Waals surface area contributed by atoms with Crippen molar-refractivity contribution in [1.29, 1.82) is 0 Å². The molecule has 1 fully saturated rings. The second kappa shape index (κ2) is 11.3. The number of ether oxygens (including phenoxy) is 3. The van der Waals surface area contributed by atoms with Crippen LogP contribution in [0.2, 0.25) is 5.02 Å². The van der Waals surface area contributed by atoms with Gasteiger partial charge in [-0.05, 0) is 61.0 Å². The molecule has 0 bridgehead atoms. The summed E-state index contributed by atoms with van der Waals surface area (Å²) in [5.74, 6) is 0.780. The molecule has 0 radical (unpaired) electrons. The largest absolute Gasteiger partial charge is 0.490 e. The topological polar surface area (TPSA) is 43.0 Å². The van der Waals surface area contributed by atoms with Crippen molar-refractivity contribution in [3.8, 4) is 11.5 Å². The van der Waals surface area contributed by atoms with Crippen molar-refractivity contribution in [2.24, 2.45) is 0 Å². The molecule has 0 aliphatic carbocycles. The smallest absolute Gasteiger partial charge is 0.161 e. The standard InChI is InChI=1S/C26H28ClFN2O3/c1-2-32-26-16-19(6-11-25(26)33-18-22-23(27)4-3-5-24(22)28)17-29-20-7-9-21(10-8-20)30-12-14-31-15-13-30/h3-11,16,29H,2,12-15,17-18H2,1H3. The molecule has 0 unspecified atom stereocenters. The van der Waals surface area contributed by atoms with E-state index in [-0.39, 0.29) is 12.4 Å². The van der Waals surface area contributed by atoms with Crippen LogP contribution in [0.5, 0.6) is 11.5 Å². The highest BCUT2D eigenvalue weighted by Crippen LogP contribution is 2.31. The zero-order valence-corrected chi connectivity index (χ0v) is 19.4. The van der Waals surface area contributed by atoms with E-state index in [4.69, 9.17) is 25.8 Å². The van der Waals surface area contributed by atoms with E-state index in [1.807, 2.05) is 25.1 Å². The fourth-order valence-electron chi connectivity index (χ4n) is 3.69. The molecular formula is C26H28ClFN2O3. The van der Waals surface area contributed by atoms with E-state index in [1.165, 1.54) is 11.8 Å². The van der Waals surface area contributed by atoms with Gasteiger partial charge in [-0.2, -0.15) is 0 Å². The number of hydrogen-bond donors (Lipinski definition) is 1. The molecule has 0 atom stereocenters. The van der Waals surface area contributed by atoms with Crippen LogP contribution in [-0.4, -0.2) is 32.9 Å². The maximum Gasteiger partial charge on any atom is 0.161 e. The monoisotopic (exact) mass is 470 g/mol. The van der Waals surface area contributed by atoms with Gasteiger partial charge in [-0.3, -0.25) is 0 Å². The first-order chi connectivity index (χ1) is 16.1. The second-order valence-corrected chi connectivity index (χ2v) is 8.11. The average molecular weight is 471 g/mol. The predicted molar refractivity (Wildman–Crippen MR) is 130 cm³/mol. The third-order valence-electron chi connectivity index (χ3n) is 5.48. The van der Waals surface area contributed by atoms with Gasteiger partial charge in [0.1, 0.15) is 12.4 Å². The molecule has 1 saturated heterocycles. The number of benzene rings is 3. The Morgan fingerprint density at radius 2 is 1.79 bits per heavy atom. The normalized spacial score (nSPS) is 13.6. The highest BCUT2D eigenvalue weighted by molar-refractivity contribution is 6.31. The third-order valence-corrected chi connectivity index (χ3v) is 5.84. The fraction of sp³-hybridized carbons (Fsp3) is 0.308. The van der Waals surface area contributed by atoms with Gasteiger partial charge >= 0.3 is 0 Å². The lowest BCUT2D eigenvalue weighted by atomic mass is 10.2. The first kappa shape index (κ1) is 23.2. The molecule has 0 spiro atoms. The van der Waals surface area contributed by atoms with E-state index < -0.39 is 0 Å². The maximum atomic E-state index is 14.0. The number of anilines is 2. The molecule has 5 nitrogen and oxygen atoms in total. The summed E-state index contributed by atoms with van der Waals surface area (Å²) < 4.78 is 31.1. The highest BCUT2D eigenvalue weighted by atomic mass is 35.5. The fourth-order valence-corrected chi connectivity index (χ4v) is 3.90. The molecule has 174 valence electrons. The molecule has 0 saturated carbocycles. The van der Waals surface area contributed by atoms with Gasteiger partial charge in [-0.25, -0.2) is 4.39 Å². The van der Waals surface area contributed by atoms with Crippen molar-refractivity contribution < 1.29 is 18.6 Å². The minimum absolute atomic E-state index is 0.0265. The van der Waals surface area contributed by atoms with E-state index in [0.29, 0.717) is 35.2 Å². The molecule has 33 heavy (non-hydrogen) atoms. The van der Waals surface area contributed by atoms with Crippen LogP contribution < -0.4 is 19.7 Å². The van der Waals surface area contributed by atoms with Crippen LogP contribution in [0.3, 0.4) is 0 Å². The Morgan fingerprint density at radius 1 is 1.00 bits per heavy atom. The van der Waals surface area contributed by atoms with Crippen LogP contribution >= 0.6 is 11.6 Å². The number of rotatable bonds is 9. The van der Waals surface area contributed by atoms with E-state index >= 15 is 0 Å². The summed E-state index contributed by atoms with van der Waals surface area (Å²) in [6.07, 6.45) is 0. The van der Waals surface area contributed by atoms with Gasteiger partial charge in [0.25, 0.3) is 0 Å². The van der Waals surface area contributed by atoms with Crippen LogP contribution in [0.1, 0.15) is 18.1 Å². The summed E-state index contributed by atoms with van der Waals surface area (Å²) in [6, 6.07) is 18.8. The van der Waals surface area contributed by atoms with Crippen LogP contribution in [0.15, 0.2) is 60.7 Å². The molecule has 1 heterocycles. The summed E-state index contributed by atoms with van der Waals surface area (Å²) in [5.41, 5.74) is 3.62. The SMILES string of the molecule is CCOc1cc(CNc2ccc(N3CCOCC3)cc2)ccc1OCc1c(F)cccc1Cl. The van der Waals surface area contributed by atoms with Crippen molar-refractivity contribution in [2.75, 3.05) is 43.1 Å². The first-order valence-electron chi connectivity index (χ1n) is 11.1. The lowest BCUT2D eigenvalue weighted by molar-refractivity contribution is 0.122. The highest BCUT2D eigenvalue weighted by Gasteiger charge is 2.12. The van der Waals surface area contributed by atoms with Crippen LogP contribution in [0, 0.1) is 5.82 Å². The quantitative estimate of drug-likeness (QED) is 0.421. The molecule has 3 aromatic rings. The van der Waals surface area contributed by atoms with Crippen molar-refractivity contribution >= 4 is 23.0 Å². The average Bonchev–Trinajstić information content (AvgIpc) is 2.84. The van der Waals surface area contributed by atoms with Gasteiger partial charge in [0.2, 0.25) is 0 Å². The molecule has 4 rings (SSSR count). The van der Waals surface area contributed by atoms with Crippen molar-refractivity contribution in [3.63, 3.8) is 0 Å². The first-order valence-corrected chi connectivity index (χ1v) is 11.5. The summed E-state index contributed by atoms with van der Waals surface area (Å²) >= 11 is 6.11. The van der Waals surface area contributed by atoms with Gasteiger partial charge in [0, 0.05) is 36.6 Å². The Labute approximate surface area is 199 Å². The lowest BCUT2D eigenvalue weighted by Crippen LogP contribution is -2.36. The minimum atomic E-state index is -0.388. The summed E-state index contributed by atoms with van der Waals surface area (Å²) in [7, 11) is 0. The van der Waals surface area contributed by atoms with Crippen molar-refractivity contribution in [1.82, 2.24) is 0 Å². The van der Waals surface area contributed by atoms with Gasteiger partial charge in [0.15, 0.2) is 11.5 Å². The summed E-state index contributed by atoms with van der Waals surface area (Å²) in [5, 5.41) is 3.79. The predicted octanol–water partition coefficient (Wildman–Crippen LogP) is 5.91. The zero-order valence-electron chi connectivity index (χ0n) is 18.7. The number of hydrogen-bond acceptors (Lipinski definition) is 5. The Bertz CT molecular complexity index is 1040. The summed E-state index contributed by atoms with van der Waals surface area (Å²) in [6.45, 7) is 6.46. The zero-order chi connectivity index (χ0) is 23.0. The molecule has 7 heteroatoms. The van der Waals surface area contributed by atoms with Gasteiger partial charge in [-0.1, -0.05) is 23.7 Å². The number of nitrogens with one attached hydrogen (secondary N) is 1. The number of nitrogens with zero attached hydrogens (tertiary/aromatic N) is 1. The Hall–Kier alpha value is -2.96.